The summed E-state index contributed by atoms with van der Waals surface area (Å²) in [7, 11) is 0. The fourth-order valence-electron chi connectivity index (χ4n) is 2.06. The van der Waals surface area contributed by atoms with Gasteiger partial charge in [0.05, 0.1) is 0 Å². The molecule has 2 aromatic carbocycles. The van der Waals surface area contributed by atoms with Gasteiger partial charge >= 0.3 is 0 Å². The van der Waals surface area contributed by atoms with Crippen LogP contribution in [0.5, 0.6) is 11.5 Å². The van der Waals surface area contributed by atoms with Crippen molar-refractivity contribution in [2.75, 3.05) is 0 Å². The van der Waals surface area contributed by atoms with Crippen LogP contribution in [-0.4, -0.2) is 15.2 Å². The maximum absolute atomic E-state index is 5.98. The minimum absolute atomic E-state index is 0.352. The Morgan fingerprint density at radius 1 is 1.04 bits per heavy atom. The van der Waals surface area contributed by atoms with Gasteiger partial charge in [0.15, 0.2) is 0 Å². The molecule has 0 spiro atoms. The molecule has 0 aliphatic heterocycles. The van der Waals surface area contributed by atoms with Gasteiger partial charge in [0.2, 0.25) is 5.16 Å². The fraction of sp³-hybridized carbons (Fsp3) is 0.222. The second kappa shape index (κ2) is 7.33. The number of para-hydroxylation sites is 2. The van der Waals surface area contributed by atoms with E-state index < -0.39 is 0 Å². The predicted octanol–water partition coefficient (Wildman–Crippen LogP) is 5.01. The topological polar surface area (TPSA) is 50.8 Å². The fourth-order valence-corrected chi connectivity index (χ4v) is 2.86. The van der Waals surface area contributed by atoms with E-state index in [4.69, 9.17) is 4.74 Å². The molecule has 0 fully saturated rings. The summed E-state index contributed by atoms with van der Waals surface area (Å²) >= 11 is 1.60. The zero-order chi connectivity index (χ0) is 16.1. The molecule has 0 amide bonds. The summed E-state index contributed by atoms with van der Waals surface area (Å²) < 4.78 is 5.98. The van der Waals surface area contributed by atoms with Gasteiger partial charge in [0.1, 0.15) is 17.3 Å². The van der Waals surface area contributed by atoms with E-state index in [0.717, 1.165) is 33.8 Å². The van der Waals surface area contributed by atoms with E-state index in [0.29, 0.717) is 5.92 Å². The Kier molecular flexibility index (Phi) is 4.98. The second-order valence-corrected chi connectivity index (χ2v) is 6.41. The lowest BCUT2D eigenvalue weighted by Gasteiger charge is -2.10. The zero-order valence-corrected chi connectivity index (χ0v) is 14.0. The Bertz CT molecular complexity index is 756. The summed E-state index contributed by atoms with van der Waals surface area (Å²) in [4.78, 5) is 4.49. The van der Waals surface area contributed by atoms with Crippen LogP contribution in [0.3, 0.4) is 0 Å². The predicted molar refractivity (Wildman–Crippen MR) is 93.0 cm³/mol. The summed E-state index contributed by atoms with van der Waals surface area (Å²) in [6.07, 6.45) is 0. The van der Waals surface area contributed by atoms with Crippen molar-refractivity contribution in [3.63, 3.8) is 0 Å². The number of benzene rings is 2. The first-order valence-corrected chi connectivity index (χ1v) is 8.57. The highest BCUT2D eigenvalue weighted by atomic mass is 32.2. The maximum atomic E-state index is 5.98. The Balaban J connectivity index is 1.70. The van der Waals surface area contributed by atoms with Crippen LogP contribution in [0, 0.1) is 0 Å². The molecule has 0 bridgehead atoms. The molecule has 1 N–H and O–H groups in total. The van der Waals surface area contributed by atoms with E-state index >= 15 is 0 Å². The number of rotatable bonds is 6. The number of nitrogens with one attached hydrogen (secondary N) is 1. The molecule has 4 nitrogen and oxygen atoms in total. The minimum atomic E-state index is 0.352. The second-order valence-electron chi connectivity index (χ2n) is 5.47. The molecule has 3 rings (SSSR count). The molecule has 5 heteroatoms. The Morgan fingerprint density at radius 2 is 1.78 bits per heavy atom. The molecule has 0 aliphatic carbocycles. The van der Waals surface area contributed by atoms with Gasteiger partial charge in [-0.15, -0.1) is 5.10 Å². The number of hydrogen-bond acceptors (Lipinski definition) is 4. The standard InChI is InChI=1S/C18H19N3OS/c1-13(2)17-19-18(21-20-17)23-12-14-8-6-7-11-16(14)22-15-9-4-3-5-10-15/h3-11,13H,12H2,1-2H3,(H,19,20,21). The monoisotopic (exact) mass is 325 g/mol. The van der Waals surface area contributed by atoms with Crippen molar-refractivity contribution in [3.8, 4) is 11.5 Å². The van der Waals surface area contributed by atoms with Gasteiger partial charge in [-0.3, -0.25) is 5.10 Å². The summed E-state index contributed by atoms with van der Waals surface area (Å²) in [6, 6.07) is 17.9. The third kappa shape index (κ3) is 4.13. The number of ether oxygens (including phenoxy) is 1. The van der Waals surface area contributed by atoms with Crippen molar-refractivity contribution in [1.29, 1.82) is 0 Å². The quantitative estimate of drug-likeness (QED) is 0.647. The summed E-state index contributed by atoms with van der Waals surface area (Å²) in [6.45, 7) is 4.19. The smallest absolute Gasteiger partial charge is 0.208 e. The first-order chi connectivity index (χ1) is 11.2. The first kappa shape index (κ1) is 15.6. The highest BCUT2D eigenvalue weighted by Gasteiger charge is 2.09. The van der Waals surface area contributed by atoms with E-state index in [-0.39, 0.29) is 0 Å². The van der Waals surface area contributed by atoms with Crippen molar-refractivity contribution in [3.05, 3.63) is 66.0 Å². The van der Waals surface area contributed by atoms with E-state index in [1.54, 1.807) is 11.8 Å². The zero-order valence-electron chi connectivity index (χ0n) is 13.2. The van der Waals surface area contributed by atoms with Gasteiger partial charge in [-0.2, -0.15) is 0 Å². The van der Waals surface area contributed by atoms with Crippen molar-refractivity contribution < 1.29 is 4.74 Å². The van der Waals surface area contributed by atoms with Crippen LogP contribution < -0.4 is 4.74 Å². The van der Waals surface area contributed by atoms with E-state index in [2.05, 4.69) is 35.1 Å². The van der Waals surface area contributed by atoms with Crippen LogP contribution in [0.25, 0.3) is 0 Å². The van der Waals surface area contributed by atoms with Crippen LogP contribution in [0.4, 0.5) is 0 Å². The molecular weight excluding hydrogens is 306 g/mol. The van der Waals surface area contributed by atoms with Crippen LogP contribution in [-0.2, 0) is 5.75 Å². The summed E-state index contributed by atoms with van der Waals surface area (Å²) in [5, 5.41) is 8.00. The van der Waals surface area contributed by atoms with Gasteiger partial charge < -0.3 is 4.74 Å². The van der Waals surface area contributed by atoms with Crippen LogP contribution in [0.2, 0.25) is 0 Å². The van der Waals surface area contributed by atoms with Crippen molar-refractivity contribution in [2.24, 2.45) is 0 Å². The average Bonchev–Trinajstić information content (AvgIpc) is 3.04. The number of aromatic nitrogens is 3. The molecule has 0 saturated heterocycles. The minimum Gasteiger partial charge on any atom is -0.457 e. The molecule has 0 unspecified atom stereocenters. The number of hydrogen-bond donors (Lipinski definition) is 1. The SMILES string of the molecule is CC(C)c1nc(SCc2ccccc2Oc2ccccc2)n[nH]1. The van der Waals surface area contributed by atoms with Gasteiger partial charge in [0.25, 0.3) is 0 Å². The normalized spacial score (nSPS) is 10.9. The summed E-state index contributed by atoms with van der Waals surface area (Å²) in [5.41, 5.74) is 1.12. The number of aromatic amines is 1. The van der Waals surface area contributed by atoms with E-state index in [1.807, 2.05) is 48.5 Å². The lowest BCUT2D eigenvalue weighted by molar-refractivity contribution is 0.478. The molecule has 1 heterocycles. The van der Waals surface area contributed by atoms with Crippen LogP contribution in [0.1, 0.15) is 31.2 Å². The lowest BCUT2D eigenvalue weighted by atomic mass is 10.2. The van der Waals surface area contributed by atoms with Crippen LogP contribution in [0.15, 0.2) is 59.8 Å². The molecule has 1 aromatic heterocycles. The Hall–Kier alpha value is -2.27. The average molecular weight is 325 g/mol. The van der Waals surface area contributed by atoms with E-state index in [9.17, 15) is 0 Å². The molecule has 3 aromatic rings. The highest BCUT2D eigenvalue weighted by Crippen LogP contribution is 2.29. The maximum Gasteiger partial charge on any atom is 0.208 e. The molecular formula is C18H19N3OS. The molecule has 0 saturated carbocycles. The first-order valence-electron chi connectivity index (χ1n) is 7.58. The molecule has 23 heavy (non-hydrogen) atoms. The van der Waals surface area contributed by atoms with Crippen molar-refractivity contribution in [1.82, 2.24) is 15.2 Å². The van der Waals surface area contributed by atoms with Crippen molar-refractivity contribution in [2.45, 2.75) is 30.7 Å². The van der Waals surface area contributed by atoms with Gasteiger partial charge in [-0.05, 0) is 18.2 Å². The Labute approximate surface area is 140 Å². The van der Waals surface area contributed by atoms with Gasteiger partial charge in [-0.25, -0.2) is 4.98 Å². The van der Waals surface area contributed by atoms with Crippen LogP contribution >= 0.6 is 11.8 Å². The third-order valence-corrected chi connectivity index (χ3v) is 4.23. The van der Waals surface area contributed by atoms with Gasteiger partial charge in [-0.1, -0.05) is 62.0 Å². The number of thioether (sulfide) groups is 1. The third-order valence-electron chi connectivity index (χ3n) is 3.33. The lowest BCUT2D eigenvalue weighted by Crippen LogP contribution is -1.91. The molecule has 0 radical (unpaired) electrons. The molecule has 0 atom stereocenters. The Morgan fingerprint density at radius 3 is 2.52 bits per heavy atom. The number of H-pyrrole nitrogens is 1. The van der Waals surface area contributed by atoms with Gasteiger partial charge in [0, 0.05) is 17.2 Å². The molecule has 118 valence electrons. The summed E-state index contributed by atoms with van der Waals surface area (Å²) in [5.74, 6) is 3.74. The number of nitrogens with zero attached hydrogens (tertiary/aromatic N) is 2. The van der Waals surface area contributed by atoms with E-state index in [1.165, 1.54) is 0 Å². The highest BCUT2D eigenvalue weighted by molar-refractivity contribution is 7.98. The largest absolute Gasteiger partial charge is 0.457 e. The van der Waals surface area contributed by atoms with Crippen molar-refractivity contribution >= 4 is 11.8 Å². The molecule has 0 aliphatic rings.